The first kappa shape index (κ1) is 17.8. The average molecular weight is 322 g/mol. The van der Waals surface area contributed by atoms with E-state index in [1.807, 2.05) is 0 Å². The maximum Gasteiger partial charge on any atom is 0.192 e. The van der Waals surface area contributed by atoms with Gasteiger partial charge >= 0.3 is 0 Å². The van der Waals surface area contributed by atoms with Crippen molar-refractivity contribution in [1.29, 1.82) is 5.41 Å². The SMILES string of the molecule is CC(=N)/C(CCN/C(N=C(N)N)=C1\C=C(C=O)SC1)=C(/C)N. The van der Waals surface area contributed by atoms with Gasteiger partial charge in [0.25, 0.3) is 0 Å². The van der Waals surface area contributed by atoms with Crippen LogP contribution in [0, 0.1) is 5.41 Å². The van der Waals surface area contributed by atoms with E-state index >= 15 is 0 Å². The molecule has 0 radical (unpaired) electrons. The molecule has 1 aliphatic heterocycles. The molecule has 0 aromatic carbocycles. The normalized spacial score (nSPS) is 17.3. The fraction of sp³-hybridized carbons (Fsp3) is 0.357. The van der Waals surface area contributed by atoms with Crippen LogP contribution in [0.25, 0.3) is 0 Å². The Labute approximate surface area is 134 Å². The average Bonchev–Trinajstić information content (AvgIpc) is 2.89. The van der Waals surface area contributed by atoms with E-state index in [9.17, 15) is 4.79 Å². The maximum absolute atomic E-state index is 10.8. The minimum absolute atomic E-state index is 0.0537. The summed E-state index contributed by atoms with van der Waals surface area (Å²) in [6, 6.07) is 0. The maximum atomic E-state index is 10.8. The summed E-state index contributed by atoms with van der Waals surface area (Å²) in [4.78, 5) is 15.5. The minimum atomic E-state index is -0.0537. The van der Waals surface area contributed by atoms with E-state index < -0.39 is 0 Å². The summed E-state index contributed by atoms with van der Waals surface area (Å²) in [6.07, 6.45) is 3.16. The minimum Gasteiger partial charge on any atom is -0.402 e. The number of aldehydes is 1. The lowest BCUT2D eigenvalue weighted by Crippen LogP contribution is -2.26. The van der Waals surface area contributed by atoms with Crippen molar-refractivity contribution in [3.05, 3.63) is 33.6 Å². The molecule has 8 N–H and O–H groups in total. The van der Waals surface area contributed by atoms with Crippen molar-refractivity contribution in [2.24, 2.45) is 22.2 Å². The molecule has 0 aromatic heterocycles. The number of rotatable bonds is 7. The molecule has 0 unspecified atom stereocenters. The summed E-state index contributed by atoms with van der Waals surface area (Å²) >= 11 is 1.44. The van der Waals surface area contributed by atoms with Gasteiger partial charge in [-0.05, 0) is 31.9 Å². The Hall–Kier alpha value is -2.22. The van der Waals surface area contributed by atoms with E-state index in [0.29, 0.717) is 40.9 Å². The standard InChI is InChI=1S/C14H22N6OS/c1-8(15)12(9(2)16)3-4-19-13(20-14(17)18)10-5-11(6-21)22-7-10/h5-6,15,19H,3-4,7,16H2,1-2H3,(H4,17,18,20)/b12-9-,13-10-,15-8?. The van der Waals surface area contributed by atoms with Crippen LogP contribution < -0.4 is 22.5 Å². The number of allylic oxidation sites excluding steroid dienone is 3. The van der Waals surface area contributed by atoms with Gasteiger partial charge in [0.1, 0.15) is 5.82 Å². The van der Waals surface area contributed by atoms with Crippen LogP contribution in [0.4, 0.5) is 0 Å². The summed E-state index contributed by atoms with van der Waals surface area (Å²) in [6.45, 7) is 4.01. The second-order valence-corrected chi connectivity index (χ2v) is 5.88. The van der Waals surface area contributed by atoms with Gasteiger partial charge in [-0.15, -0.1) is 11.8 Å². The third kappa shape index (κ3) is 5.28. The lowest BCUT2D eigenvalue weighted by atomic mass is 10.1. The molecule has 0 bridgehead atoms. The summed E-state index contributed by atoms with van der Waals surface area (Å²) in [5.74, 6) is 1.12. The fourth-order valence-corrected chi connectivity index (χ4v) is 2.80. The molecule has 0 saturated carbocycles. The number of nitrogens with one attached hydrogen (secondary N) is 2. The molecule has 120 valence electrons. The summed E-state index contributed by atoms with van der Waals surface area (Å²) in [7, 11) is 0. The van der Waals surface area contributed by atoms with E-state index in [2.05, 4.69) is 10.3 Å². The Morgan fingerprint density at radius 3 is 2.59 bits per heavy atom. The van der Waals surface area contributed by atoms with Crippen LogP contribution in [-0.4, -0.2) is 30.3 Å². The first-order valence-electron chi connectivity index (χ1n) is 6.72. The third-order valence-corrected chi connectivity index (χ3v) is 3.97. The van der Waals surface area contributed by atoms with Gasteiger partial charge in [0.2, 0.25) is 0 Å². The number of aliphatic imine (C=N–C) groups is 1. The topological polar surface area (TPSA) is 143 Å². The highest BCUT2D eigenvalue weighted by atomic mass is 32.2. The molecule has 0 saturated heterocycles. The number of hydrogen-bond donors (Lipinski definition) is 5. The van der Waals surface area contributed by atoms with Crippen molar-refractivity contribution in [3.63, 3.8) is 0 Å². The van der Waals surface area contributed by atoms with Gasteiger partial charge < -0.3 is 27.9 Å². The van der Waals surface area contributed by atoms with Crippen molar-refractivity contribution in [2.45, 2.75) is 20.3 Å². The quantitative estimate of drug-likeness (QED) is 0.263. The highest BCUT2D eigenvalue weighted by molar-refractivity contribution is 8.04. The van der Waals surface area contributed by atoms with Gasteiger partial charge in [-0.3, -0.25) is 4.79 Å². The van der Waals surface area contributed by atoms with Crippen LogP contribution in [-0.2, 0) is 4.79 Å². The smallest absolute Gasteiger partial charge is 0.192 e. The zero-order chi connectivity index (χ0) is 16.7. The molecule has 0 amide bonds. The lowest BCUT2D eigenvalue weighted by molar-refractivity contribution is -0.104. The van der Waals surface area contributed by atoms with Crippen molar-refractivity contribution in [3.8, 4) is 0 Å². The molecular weight excluding hydrogens is 300 g/mol. The number of carbonyl (C=O) groups is 1. The van der Waals surface area contributed by atoms with E-state index in [0.717, 1.165) is 17.4 Å². The number of hydrogen-bond acceptors (Lipinski definition) is 6. The molecular formula is C14H22N6OS. The van der Waals surface area contributed by atoms with Crippen molar-refractivity contribution < 1.29 is 4.79 Å². The Morgan fingerprint density at radius 2 is 2.14 bits per heavy atom. The number of nitrogens with two attached hydrogens (primary N) is 3. The Bertz CT molecular complexity index is 580. The zero-order valence-electron chi connectivity index (χ0n) is 12.8. The molecule has 1 rings (SSSR count). The van der Waals surface area contributed by atoms with Crippen molar-refractivity contribution in [2.75, 3.05) is 12.3 Å². The highest BCUT2D eigenvalue weighted by Crippen LogP contribution is 2.28. The van der Waals surface area contributed by atoms with Crippen LogP contribution >= 0.6 is 11.8 Å². The van der Waals surface area contributed by atoms with Crippen LogP contribution in [0.2, 0.25) is 0 Å². The molecule has 22 heavy (non-hydrogen) atoms. The fourth-order valence-electron chi connectivity index (χ4n) is 1.96. The van der Waals surface area contributed by atoms with E-state index in [4.69, 9.17) is 22.6 Å². The zero-order valence-corrected chi connectivity index (χ0v) is 13.6. The molecule has 1 aliphatic rings. The van der Waals surface area contributed by atoms with Gasteiger partial charge in [0, 0.05) is 34.2 Å². The van der Waals surface area contributed by atoms with Gasteiger partial charge in [0.05, 0.1) is 0 Å². The summed E-state index contributed by atoms with van der Waals surface area (Å²) in [5, 5.41) is 10.9. The molecule has 7 nitrogen and oxygen atoms in total. The van der Waals surface area contributed by atoms with Gasteiger partial charge in [0.15, 0.2) is 12.2 Å². The summed E-state index contributed by atoms with van der Waals surface area (Å²) < 4.78 is 0. The van der Waals surface area contributed by atoms with Crippen molar-refractivity contribution in [1.82, 2.24) is 5.32 Å². The monoisotopic (exact) mass is 322 g/mol. The highest BCUT2D eigenvalue weighted by Gasteiger charge is 2.14. The van der Waals surface area contributed by atoms with E-state index in [1.165, 1.54) is 11.8 Å². The van der Waals surface area contributed by atoms with Crippen LogP contribution in [0.5, 0.6) is 0 Å². The first-order valence-corrected chi connectivity index (χ1v) is 7.70. The molecule has 0 fully saturated rings. The Morgan fingerprint density at radius 1 is 1.45 bits per heavy atom. The first-order chi connectivity index (χ1) is 10.3. The Kier molecular flexibility index (Phi) is 6.71. The lowest BCUT2D eigenvalue weighted by Gasteiger charge is -2.12. The van der Waals surface area contributed by atoms with E-state index in [1.54, 1.807) is 19.9 Å². The van der Waals surface area contributed by atoms with Crippen LogP contribution in [0.15, 0.2) is 38.6 Å². The predicted molar refractivity (Wildman–Crippen MR) is 92.3 cm³/mol. The van der Waals surface area contributed by atoms with Gasteiger partial charge in [-0.2, -0.15) is 4.99 Å². The number of thioether (sulfide) groups is 1. The van der Waals surface area contributed by atoms with Crippen molar-refractivity contribution >= 4 is 29.7 Å². The molecule has 1 heterocycles. The third-order valence-electron chi connectivity index (χ3n) is 2.97. The van der Waals surface area contributed by atoms with Crippen LogP contribution in [0.1, 0.15) is 20.3 Å². The molecule has 0 atom stereocenters. The molecule has 0 aromatic rings. The van der Waals surface area contributed by atoms with Gasteiger partial charge in [-0.25, -0.2) is 0 Å². The second-order valence-electron chi connectivity index (χ2n) is 4.83. The largest absolute Gasteiger partial charge is 0.402 e. The van der Waals surface area contributed by atoms with Crippen LogP contribution in [0.3, 0.4) is 0 Å². The number of carbonyl (C=O) groups excluding carboxylic acids is 1. The predicted octanol–water partition coefficient (Wildman–Crippen LogP) is 0.553. The molecule has 0 spiro atoms. The number of nitrogens with zero attached hydrogens (tertiary/aromatic N) is 1. The molecule has 0 aliphatic carbocycles. The number of guanidine groups is 1. The molecule has 8 heteroatoms. The van der Waals surface area contributed by atoms with Gasteiger partial charge in [-0.1, -0.05) is 0 Å². The Balaban J connectivity index is 2.86. The second kappa shape index (κ2) is 8.28. The van der Waals surface area contributed by atoms with E-state index in [-0.39, 0.29) is 5.96 Å². The summed E-state index contributed by atoms with van der Waals surface area (Å²) in [5.41, 5.74) is 19.4.